The fraction of sp³-hybridized carbons (Fsp3) is 0.455. The van der Waals surface area contributed by atoms with Crippen molar-refractivity contribution in [2.24, 2.45) is 0 Å². The van der Waals surface area contributed by atoms with E-state index < -0.39 is 0 Å². The van der Waals surface area contributed by atoms with Gasteiger partial charge in [0, 0.05) is 25.5 Å². The molecule has 6 nitrogen and oxygen atoms in total. The van der Waals surface area contributed by atoms with Crippen molar-refractivity contribution in [2.75, 3.05) is 33.9 Å². The fourth-order valence-electron chi connectivity index (χ4n) is 4.31. The highest BCUT2D eigenvalue weighted by Gasteiger charge is 2.42. The molecule has 0 unspecified atom stereocenters. The van der Waals surface area contributed by atoms with Gasteiger partial charge in [0.25, 0.3) is 0 Å². The zero-order valence-electron chi connectivity index (χ0n) is 16.4. The molecule has 2 aliphatic rings. The number of methoxy groups -OCH3 is 2. The Morgan fingerprint density at radius 1 is 1.21 bits per heavy atom. The number of benzene rings is 1. The Hall–Kier alpha value is -2.60. The number of ether oxygens (including phenoxy) is 3. The van der Waals surface area contributed by atoms with Crippen molar-refractivity contribution in [1.29, 1.82) is 0 Å². The Bertz CT molecular complexity index is 845. The van der Waals surface area contributed by atoms with Crippen LogP contribution >= 0.6 is 0 Å². The van der Waals surface area contributed by atoms with Crippen molar-refractivity contribution in [1.82, 2.24) is 9.88 Å². The van der Waals surface area contributed by atoms with Crippen molar-refractivity contribution in [3.8, 4) is 11.5 Å². The Kier molecular flexibility index (Phi) is 5.22. The summed E-state index contributed by atoms with van der Waals surface area (Å²) in [6.07, 6.45) is 6.30. The van der Waals surface area contributed by atoms with Crippen LogP contribution in [0, 0.1) is 0 Å². The third-order valence-corrected chi connectivity index (χ3v) is 5.85. The van der Waals surface area contributed by atoms with Crippen LogP contribution in [0.1, 0.15) is 29.5 Å². The Morgan fingerprint density at radius 3 is 2.64 bits per heavy atom. The number of rotatable bonds is 4. The molecule has 1 spiro atoms. The standard InChI is InChI=1S/C22H26N2O4/c1-26-19-13-17-5-11-28-22(18(17)14-20(19)27-2)6-9-24(10-7-22)21(25)12-16-4-3-8-23-15-16/h3-4,8,13-15H,5-7,9-12H2,1-2H3. The average Bonchev–Trinajstić information content (AvgIpc) is 2.74. The predicted molar refractivity (Wildman–Crippen MR) is 105 cm³/mol. The van der Waals surface area contributed by atoms with Gasteiger partial charge in [-0.3, -0.25) is 9.78 Å². The number of pyridine rings is 1. The van der Waals surface area contributed by atoms with Crippen LogP contribution in [0.25, 0.3) is 0 Å². The van der Waals surface area contributed by atoms with Gasteiger partial charge in [-0.2, -0.15) is 0 Å². The molecule has 3 heterocycles. The van der Waals surface area contributed by atoms with E-state index in [0.717, 1.165) is 36.3 Å². The Balaban J connectivity index is 1.51. The molecule has 0 saturated carbocycles. The molecule has 1 saturated heterocycles. The number of aromatic nitrogens is 1. The van der Waals surface area contributed by atoms with Gasteiger partial charge in [-0.25, -0.2) is 0 Å². The van der Waals surface area contributed by atoms with E-state index in [1.165, 1.54) is 11.1 Å². The largest absolute Gasteiger partial charge is 0.493 e. The normalized spacial score (nSPS) is 17.9. The van der Waals surface area contributed by atoms with E-state index in [2.05, 4.69) is 17.1 Å². The Labute approximate surface area is 165 Å². The molecule has 1 aromatic heterocycles. The van der Waals surface area contributed by atoms with Crippen molar-refractivity contribution in [2.45, 2.75) is 31.3 Å². The first kappa shape index (κ1) is 18.7. The van der Waals surface area contributed by atoms with Crippen molar-refractivity contribution >= 4 is 5.91 Å². The van der Waals surface area contributed by atoms with E-state index in [0.29, 0.717) is 26.1 Å². The lowest BCUT2D eigenvalue weighted by Crippen LogP contribution is -2.48. The topological polar surface area (TPSA) is 60.9 Å². The van der Waals surface area contributed by atoms with Gasteiger partial charge >= 0.3 is 0 Å². The zero-order valence-corrected chi connectivity index (χ0v) is 16.4. The van der Waals surface area contributed by atoms with Crippen molar-refractivity contribution in [3.63, 3.8) is 0 Å². The SMILES string of the molecule is COc1cc2c(cc1OC)C1(CCN(C(=O)Cc3cccnc3)CC1)OCC2. The number of carbonyl (C=O) groups is 1. The lowest BCUT2D eigenvalue weighted by molar-refractivity contribution is -0.140. The van der Waals surface area contributed by atoms with Gasteiger partial charge in [0.15, 0.2) is 11.5 Å². The van der Waals surface area contributed by atoms with Crippen LogP contribution in [0.4, 0.5) is 0 Å². The fourth-order valence-corrected chi connectivity index (χ4v) is 4.31. The van der Waals surface area contributed by atoms with E-state index in [4.69, 9.17) is 14.2 Å². The maximum Gasteiger partial charge on any atom is 0.227 e. The minimum Gasteiger partial charge on any atom is -0.493 e. The van der Waals surface area contributed by atoms with Crippen LogP contribution in [0.5, 0.6) is 11.5 Å². The number of fused-ring (bicyclic) bond motifs is 2. The predicted octanol–water partition coefficient (Wildman–Crippen LogP) is 2.73. The lowest BCUT2D eigenvalue weighted by atomic mass is 9.79. The summed E-state index contributed by atoms with van der Waals surface area (Å²) in [4.78, 5) is 18.7. The lowest BCUT2D eigenvalue weighted by Gasteiger charge is -2.45. The summed E-state index contributed by atoms with van der Waals surface area (Å²) in [6.45, 7) is 2.06. The van der Waals surface area contributed by atoms with Gasteiger partial charge in [0.2, 0.25) is 5.91 Å². The van der Waals surface area contributed by atoms with Crippen LogP contribution < -0.4 is 9.47 Å². The van der Waals surface area contributed by atoms with E-state index >= 15 is 0 Å². The first-order chi connectivity index (χ1) is 13.6. The van der Waals surface area contributed by atoms with Gasteiger partial charge in [-0.05, 0) is 54.2 Å². The van der Waals surface area contributed by atoms with Crippen molar-refractivity contribution in [3.05, 3.63) is 53.3 Å². The minimum absolute atomic E-state index is 0.145. The molecule has 1 fully saturated rings. The maximum atomic E-state index is 12.7. The minimum atomic E-state index is -0.349. The highest BCUT2D eigenvalue weighted by atomic mass is 16.5. The van der Waals surface area contributed by atoms with Crippen LogP contribution in [-0.4, -0.2) is 49.7 Å². The second-order valence-corrected chi connectivity index (χ2v) is 7.38. The summed E-state index contributed by atoms with van der Waals surface area (Å²) in [5.41, 5.74) is 3.02. The van der Waals surface area contributed by atoms with Crippen LogP contribution in [0.15, 0.2) is 36.7 Å². The molecule has 1 amide bonds. The number of likely N-dealkylation sites (tertiary alicyclic amines) is 1. The zero-order chi connectivity index (χ0) is 19.6. The van der Waals surface area contributed by atoms with Crippen LogP contribution in [0.2, 0.25) is 0 Å². The molecule has 2 aromatic rings. The summed E-state index contributed by atoms with van der Waals surface area (Å²) in [5, 5.41) is 0. The summed E-state index contributed by atoms with van der Waals surface area (Å²) < 4.78 is 17.3. The number of nitrogens with zero attached hydrogens (tertiary/aromatic N) is 2. The summed E-state index contributed by atoms with van der Waals surface area (Å²) in [6, 6.07) is 7.93. The molecule has 28 heavy (non-hydrogen) atoms. The van der Waals surface area contributed by atoms with Gasteiger partial charge in [0.1, 0.15) is 0 Å². The molecule has 4 rings (SSSR count). The molecule has 0 N–H and O–H groups in total. The smallest absolute Gasteiger partial charge is 0.227 e. The molecule has 2 aliphatic heterocycles. The third-order valence-electron chi connectivity index (χ3n) is 5.85. The van der Waals surface area contributed by atoms with Gasteiger partial charge in [-0.15, -0.1) is 0 Å². The van der Waals surface area contributed by atoms with E-state index in [1.807, 2.05) is 17.0 Å². The number of hydrogen-bond donors (Lipinski definition) is 0. The summed E-state index contributed by atoms with van der Waals surface area (Å²) in [5.74, 6) is 1.62. The first-order valence-corrected chi connectivity index (χ1v) is 9.71. The van der Waals surface area contributed by atoms with Crippen molar-refractivity contribution < 1.29 is 19.0 Å². The second kappa shape index (κ2) is 7.80. The van der Waals surface area contributed by atoms with Gasteiger partial charge < -0.3 is 19.1 Å². The summed E-state index contributed by atoms with van der Waals surface area (Å²) >= 11 is 0. The molecule has 6 heteroatoms. The molecule has 0 aliphatic carbocycles. The van der Waals surface area contributed by atoms with Crippen LogP contribution in [0.3, 0.4) is 0 Å². The molecule has 148 valence electrons. The highest BCUT2D eigenvalue weighted by Crippen LogP contribution is 2.45. The molecule has 0 bridgehead atoms. The number of piperidine rings is 1. The van der Waals surface area contributed by atoms with E-state index in [9.17, 15) is 4.79 Å². The molecule has 1 aromatic carbocycles. The molecular formula is C22H26N2O4. The average molecular weight is 382 g/mol. The Morgan fingerprint density at radius 2 is 1.96 bits per heavy atom. The maximum absolute atomic E-state index is 12.7. The first-order valence-electron chi connectivity index (χ1n) is 9.71. The number of hydrogen-bond acceptors (Lipinski definition) is 5. The molecule has 0 radical (unpaired) electrons. The van der Waals surface area contributed by atoms with E-state index in [-0.39, 0.29) is 11.5 Å². The van der Waals surface area contributed by atoms with Gasteiger partial charge in [0.05, 0.1) is 32.8 Å². The molecular weight excluding hydrogens is 356 g/mol. The third kappa shape index (κ3) is 3.44. The number of carbonyl (C=O) groups excluding carboxylic acids is 1. The second-order valence-electron chi connectivity index (χ2n) is 7.38. The van der Waals surface area contributed by atoms with Gasteiger partial charge in [-0.1, -0.05) is 6.07 Å². The highest BCUT2D eigenvalue weighted by molar-refractivity contribution is 5.78. The number of amides is 1. The van der Waals surface area contributed by atoms with Crippen LogP contribution in [-0.2, 0) is 28.0 Å². The summed E-state index contributed by atoms with van der Waals surface area (Å²) in [7, 11) is 3.31. The molecule has 0 atom stereocenters. The quantitative estimate of drug-likeness (QED) is 0.814. The van der Waals surface area contributed by atoms with E-state index in [1.54, 1.807) is 26.6 Å². The monoisotopic (exact) mass is 382 g/mol.